The van der Waals surface area contributed by atoms with Gasteiger partial charge in [-0.15, -0.1) is 0 Å². The van der Waals surface area contributed by atoms with Crippen LogP contribution in [0.2, 0.25) is 0 Å². The smallest absolute Gasteiger partial charge is 0.231 e. The molecule has 0 spiro atoms. The molecule has 0 amide bonds. The van der Waals surface area contributed by atoms with Crippen LogP contribution in [-0.4, -0.2) is 13.4 Å². The summed E-state index contributed by atoms with van der Waals surface area (Å²) in [5, 5.41) is 0. The lowest BCUT2D eigenvalue weighted by Crippen LogP contribution is -2.06. The highest BCUT2D eigenvalue weighted by molar-refractivity contribution is 5.48. The van der Waals surface area contributed by atoms with Crippen LogP contribution in [0.3, 0.4) is 0 Å². The van der Waals surface area contributed by atoms with Gasteiger partial charge < -0.3 is 14.3 Å². The summed E-state index contributed by atoms with van der Waals surface area (Å²) in [7, 11) is 0. The maximum Gasteiger partial charge on any atom is 0.231 e. The van der Waals surface area contributed by atoms with E-state index in [2.05, 4.69) is 4.84 Å². The molecule has 14 heavy (non-hydrogen) atoms. The van der Waals surface area contributed by atoms with Gasteiger partial charge in [-0.05, 0) is 12.1 Å². The summed E-state index contributed by atoms with van der Waals surface area (Å²) >= 11 is 0. The van der Waals surface area contributed by atoms with Gasteiger partial charge >= 0.3 is 0 Å². The highest BCUT2D eigenvalue weighted by Gasteiger charge is 2.20. The number of ether oxygens (including phenoxy) is 2. The van der Waals surface area contributed by atoms with E-state index in [-0.39, 0.29) is 19.2 Å². The minimum atomic E-state index is -0.327. The first-order valence-corrected chi connectivity index (χ1v) is 4.21. The quantitative estimate of drug-likeness (QED) is 0.737. The van der Waals surface area contributed by atoms with Crippen LogP contribution in [0.15, 0.2) is 12.1 Å². The lowest BCUT2D eigenvalue weighted by molar-refractivity contribution is 0.139. The molecule has 0 aromatic heterocycles. The van der Waals surface area contributed by atoms with Crippen molar-refractivity contribution in [3.8, 4) is 11.5 Å². The number of nitrogens with two attached hydrogens (primary N) is 1. The van der Waals surface area contributed by atoms with Crippen molar-refractivity contribution in [1.82, 2.24) is 0 Å². The van der Waals surface area contributed by atoms with E-state index in [0.29, 0.717) is 23.5 Å². The molecule has 0 saturated carbocycles. The second kappa shape index (κ2) is 3.81. The van der Waals surface area contributed by atoms with Crippen molar-refractivity contribution < 1.29 is 18.7 Å². The topological polar surface area (TPSA) is 53.7 Å². The average Bonchev–Trinajstić information content (AvgIpc) is 2.64. The summed E-state index contributed by atoms with van der Waals surface area (Å²) < 4.78 is 23.6. The van der Waals surface area contributed by atoms with Gasteiger partial charge in [0.1, 0.15) is 5.82 Å². The van der Waals surface area contributed by atoms with E-state index in [1.807, 2.05) is 0 Å². The summed E-state index contributed by atoms with van der Waals surface area (Å²) in [6.07, 6.45) is 0.370. The predicted molar refractivity (Wildman–Crippen MR) is 46.4 cm³/mol. The van der Waals surface area contributed by atoms with Crippen molar-refractivity contribution in [2.75, 3.05) is 13.4 Å². The Bertz CT molecular complexity index is 343. The number of hydrogen-bond acceptors (Lipinski definition) is 4. The monoisotopic (exact) mass is 199 g/mol. The molecule has 1 aromatic carbocycles. The Hall–Kier alpha value is -1.33. The molecule has 0 saturated heterocycles. The standard InChI is InChI=1S/C9H10FNO3/c10-7-1-2-8-9(13-5-12-8)6(7)3-4-14-11/h1-2H,3-5,11H2. The highest BCUT2D eigenvalue weighted by atomic mass is 19.1. The van der Waals surface area contributed by atoms with Crippen molar-refractivity contribution in [2.45, 2.75) is 6.42 Å². The Balaban J connectivity index is 2.31. The van der Waals surface area contributed by atoms with E-state index in [1.54, 1.807) is 6.07 Å². The Labute approximate surface area is 80.3 Å². The zero-order chi connectivity index (χ0) is 9.97. The molecule has 76 valence electrons. The van der Waals surface area contributed by atoms with Crippen molar-refractivity contribution in [2.24, 2.45) is 5.90 Å². The number of fused-ring (bicyclic) bond motifs is 1. The molecule has 5 heteroatoms. The zero-order valence-electron chi connectivity index (χ0n) is 7.46. The molecule has 2 N–H and O–H groups in total. The molecule has 0 fully saturated rings. The molecule has 0 unspecified atom stereocenters. The fourth-order valence-electron chi connectivity index (χ4n) is 1.40. The molecule has 4 nitrogen and oxygen atoms in total. The van der Waals surface area contributed by atoms with Crippen LogP contribution in [0.4, 0.5) is 4.39 Å². The van der Waals surface area contributed by atoms with Gasteiger partial charge in [0.25, 0.3) is 0 Å². The summed E-state index contributed by atoms with van der Waals surface area (Å²) in [5.41, 5.74) is 0.449. The van der Waals surface area contributed by atoms with Crippen molar-refractivity contribution >= 4 is 0 Å². The lowest BCUT2D eigenvalue weighted by atomic mass is 10.1. The molecule has 0 radical (unpaired) electrons. The number of benzene rings is 1. The first-order chi connectivity index (χ1) is 6.83. The van der Waals surface area contributed by atoms with Crippen LogP contribution in [0.1, 0.15) is 5.56 Å². The van der Waals surface area contributed by atoms with Gasteiger partial charge in [0.15, 0.2) is 11.5 Å². The van der Waals surface area contributed by atoms with Gasteiger partial charge in [0.05, 0.1) is 6.61 Å². The van der Waals surface area contributed by atoms with Crippen LogP contribution in [0.25, 0.3) is 0 Å². The normalized spacial score (nSPS) is 13.3. The summed E-state index contributed by atoms with van der Waals surface area (Å²) in [6, 6.07) is 2.89. The minimum Gasteiger partial charge on any atom is -0.454 e. The molecule has 1 heterocycles. The van der Waals surface area contributed by atoms with Crippen molar-refractivity contribution in [1.29, 1.82) is 0 Å². The molecule has 0 atom stereocenters. The van der Waals surface area contributed by atoms with E-state index < -0.39 is 0 Å². The van der Waals surface area contributed by atoms with E-state index in [1.165, 1.54) is 6.07 Å². The number of halogens is 1. The van der Waals surface area contributed by atoms with E-state index in [0.717, 1.165) is 0 Å². The second-order valence-electron chi connectivity index (χ2n) is 2.88. The highest BCUT2D eigenvalue weighted by Crippen LogP contribution is 2.37. The molecule has 1 aliphatic rings. The Kier molecular flexibility index (Phi) is 2.51. The molecule has 0 bridgehead atoms. The largest absolute Gasteiger partial charge is 0.454 e. The summed E-state index contributed by atoms with van der Waals surface area (Å²) in [5.74, 6) is 5.58. The van der Waals surface area contributed by atoms with Crippen LogP contribution in [0.5, 0.6) is 11.5 Å². The van der Waals surface area contributed by atoms with Gasteiger partial charge in [-0.3, -0.25) is 0 Å². The lowest BCUT2D eigenvalue weighted by Gasteiger charge is -2.05. The molecule has 1 aliphatic heterocycles. The third kappa shape index (κ3) is 1.51. The van der Waals surface area contributed by atoms with Gasteiger partial charge in [-0.25, -0.2) is 10.3 Å². The predicted octanol–water partition coefficient (Wildman–Crippen LogP) is 0.987. The Morgan fingerprint density at radius 1 is 1.43 bits per heavy atom. The van der Waals surface area contributed by atoms with Gasteiger partial charge in [0, 0.05) is 12.0 Å². The fourth-order valence-corrected chi connectivity index (χ4v) is 1.40. The Morgan fingerprint density at radius 3 is 3.07 bits per heavy atom. The second-order valence-corrected chi connectivity index (χ2v) is 2.88. The first-order valence-electron chi connectivity index (χ1n) is 4.21. The van der Waals surface area contributed by atoms with Crippen molar-refractivity contribution in [3.63, 3.8) is 0 Å². The van der Waals surface area contributed by atoms with E-state index in [9.17, 15) is 4.39 Å². The molecular formula is C9H10FNO3. The van der Waals surface area contributed by atoms with Crippen molar-refractivity contribution in [3.05, 3.63) is 23.5 Å². The number of hydrogen-bond donors (Lipinski definition) is 1. The molecule has 0 aliphatic carbocycles. The average molecular weight is 199 g/mol. The van der Waals surface area contributed by atoms with Gasteiger partial charge in [-0.2, -0.15) is 0 Å². The van der Waals surface area contributed by atoms with Gasteiger partial charge in [0.2, 0.25) is 6.79 Å². The van der Waals surface area contributed by atoms with Crippen LogP contribution >= 0.6 is 0 Å². The van der Waals surface area contributed by atoms with Gasteiger partial charge in [-0.1, -0.05) is 0 Å². The maximum atomic E-state index is 13.3. The summed E-state index contributed by atoms with van der Waals surface area (Å²) in [4.78, 5) is 4.40. The summed E-state index contributed by atoms with van der Waals surface area (Å²) in [6.45, 7) is 0.381. The minimum absolute atomic E-state index is 0.134. The zero-order valence-corrected chi connectivity index (χ0v) is 7.46. The molecule has 1 aromatic rings. The third-order valence-corrected chi connectivity index (χ3v) is 2.05. The van der Waals surface area contributed by atoms with Crippen LogP contribution in [0, 0.1) is 5.82 Å². The van der Waals surface area contributed by atoms with E-state index in [4.69, 9.17) is 15.4 Å². The first kappa shape index (κ1) is 9.23. The fraction of sp³-hybridized carbons (Fsp3) is 0.333. The Morgan fingerprint density at radius 2 is 2.29 bits per heavy atom. The van der Waals surface area contributed by atoms with E-state index >= 15 is 0 Å². The third-order valence-electron chi connectivity index (χ3n) is 2.05. The molecule has 2 rings (SSSR count). The van der Waals surface area contributed by atoms with Crippen LogP contribution < -0.4 is 15.4 Å². The number of rotatable bonds is 3. The maximum absolute atomic E-state index is 13.3. The SMILES string of the molecule is NOCCc1c(F)ccc2c1OCO2. The van der Waals surface area contributed by atoms with Crippen LogP contribution in [-0.2, 0) is 11.3 Å². The molecular weight excluding hydrogens is 189 g/mol.